The Morgan fingerprint density at radius 3 is 2.00 bits per heavy atom. The molecule has 0 saturated heterocycles. The van der Waals surface area contributed by atoms with Gasteiger partial charge in [-0.15, -0.1) is 17.0 Å². The molecule has 0 unspecified atom stereocenters. The van der Waals surface area contributed by atoms with E-state index in [1.54, 1.807) is 12.1 Å². The van der Waals surface area contributed by atoms with E-state index in [0.717, 1.165) is 12.0 Å². The van der Waals surface area contributed by atoms with Crippen LogP contribution in [0.25, 0.3) is 0 Å². The second kappa shape index (κ2) is 6.93. The van der Waals surface area contributed by atoms with Crippen molar-refractivity contribution in [2.45, 2.75) is 6.42 Å². The van der Waals surface area contributed by atoms with Crippen molar-refractivity contribution in [3.05, 3.63) is 42.6 Å². The van der Waals surface area contributed by atoms with E-state index in [4.69, 9.17) is 0 Å². The first-order valence-corrected chi connectivity index (χ1v) is 2.86. The Kier molecular flexibility index (Phi) is 8.71. The summed E-state index contributed by atoms with van der Waals surface area (Å²) in [5.41, 5.74) is 1.07. The van der Waals surface area contributed by atoms with Gasteiger partial charge in [0.1, 0.15) is 5.82 Å². The molecule has 0 radical (unpaired) electrons. The summed E-state index contributed by atoms with van der Waals surface area (Å²) < 4.78 is 12.2. The van der Waals surface area contributed by atoms with Crippen LogP contribution >= 0.6 is 17.0 Å². The fourth-order valence-corrected chi connectivity index (χ4v) is 0.651. The van der Waals surface area contributed by atoms with Crippen LogP contribution < -0.4 is 0 Å². The first-order chi connectivity index (χ1) is 4.33. The monoisotopic (exact) mass is 267 g/mol. The first-order valence-electron chi connectivity index (χ1n) is 2.86. The van der Waals surface area contributed by atoms with Gasteiger partial charge in [-0.1, -0.05) is 17.7 Å². The minimum absolute atomic E-state index is 0. The van der Waals surface area contributed by atoms with E-state index in [1.165, 1.54) is 12.1 Å². The molecule has 0 nitrogen and oxygen atoms in total. The maximum absolute atomic E-state index is 12.2. The third-order valence-electron chi connectivity index (χ3n) is 1.20. The summed E-state index contributed by atoms with van der Waals surface area (Å²) >= 11 is 0. The Bertz CT molecular complexity index is 186. The van der Waals surface area contributed by atoms with Crippen molar-refractivity contribution >= 4 is 17.0 Å². The normalized spacial score (nSPS) is 7.82. The fraction of sp³-hybridized carbons (Fsp3) is 0.125. The van der Waals surface area contributed by atoms with Gasteiger partial charge < -0.3 is 6.92 Å². The zero-order valence-corrected chi connectivity index (χ0v) is 10.9. The van der Waals surface area contributed by atoms with E-state index in [-0.39, 0.29) is 42.3 Å². The Morgan fingerprint density at radius 1 is 1.18 bits per heavy atom. The molecule has 0 spiro atoms. The molecule has 0 aliphatic rings. The molecule has 1 rings (SSSR count). The van der Waals surface area contributed by atoms with Gasteiger partial charge in [0.05, 0.1) is 0 Å². The molecule has 0 aromatic heterocycles. The van der Waals surface area contributed by atoms with E-state index in [9.17, 15) is 4.39 Å². The van der Waals surface area contributed by atoms with E-state index in [2.05, 4.69) is 6.92 Å². The predicted molar refractivity (Wildman–Crippen MR) is 45.8 cm³/mol. The molecule has 0 saturated carbocycles. The fourth-order valence-electron chi connectivity index (χ4n) is 0.651. The zero-order chi connectivity index (χ0) is 6.69. The number of rotatable bonds is 1. The Balaban J connectivity index is 0. The number of benzene rings is 1. The number of halogens is 2. The molecule has 1 aromatic carbocycles. The van der Waals surface area contributed by atoms with Crippen molar-refractivity contribution in [1.82, 2.24) is 0 Å². The number of hydrogen-bond acceptors (Lipinski definition) is 0. The molecular weight excluding hydrogens is 260 g/mol. The smallest absolute Gasteiger partial charge is 0.123 e. The molecule has 11 heavy (non-hydrogen) atoms. The molecule has 0 bridgehead atoms. The summed E-state index contributed by atoms with van der Waals surface area (Å²) in [6.45, 7) is 3.66. The van der Waals surface area contributed by atoms with E-state index < -0.39 is 0 Å². The maximum atomic E-state index is 12.2. The van der Waals surface area contributed by atoms with Gasteiger partial charge in [0.25, 0.3) is 0 Å². The Hall–Kier alpha value is 0.253. The SMILES string of the molecule is Br.[CH2-]Cc1ccc(F)cc1.[Zn]. The van der Waals surface area contributed by atoms with Crippen molar-refractivity contribution in [3.63, 3.8) is 0 Å². The second-order valence-corrected chi connectivity index (χ2v) is 1.88. The van der Waals surface area contributed by atoms with Crippen LogP contribution in [0.5, 0.6) is 0 Å². The number of hydrogen-bond donors (Lipinski definition) is 0. The Morgan fingerprint density at radius 2 is 1.64 bits per heavy atom. The maximum Gasteiger partial charge on any atom is 0.123 e. The summed E-state index contributed by atoms with van der Waals surface area (Å²) in [5, 5.41) is 0. The summed E-state index contributed by atoms with van der Waals surface area (Å²) in [6, 6.07) is 6.37. The quantitative estimate of drug-likeness (QED) is 0.543. The third-order valence-corrected chi connectivity index (χ3v) is 1.20. The summed E-state index contributed by atoms with van der Waals surface area (Å²) in [5.74, 6) is -0.188. The van der Waals surface area contributed by atoms with Gasteiger partial charge in [0.2, 0.25) is 0 Å². The minimum atomic E-state index is -0.188. The molecule has 0 aliphatic carbocycles. The van der Waals surface area contributed by atoms with Crippen LogP contribution in [-0.4, -0.2) is 0 Å². The molecule has 3 heteroatoms. The van der Waals surface area contributed by atoms with Gasteiger partial charge in [-0.25, -0.2) is 4.39 Å². The summed E-state index contributed by atoms with van der Waals surface area (Å²) in [4.78, 5) is 0. The van der Waals surface area contributed by atoms with Gasteiger partial charge >= 0.3 is 0 Å². The molecule has 0 heterocycles. The molecular formula is C8H9BrFZn-. The van der Waals surface area contributed by atoms with Crippen LogP contribution in [0.2, 0.25) is 0 Å². The van der Waals surface area contributed by atoms with E-state index >= 15 is 0 Å². The molecule has 0 N–H and O–H groups in total. The van der Waals surface area contributed by atoms with Crippen LogP contribution in [0.4, 0.5) is 4.39 Å². The minimum Gasteiger partial charge on any atom is -0.339 e. The third kappa shape index (κ3) is 4.65. The topological polar surface area (TPSA) is 0 Å². The molecule has 0 atom stereocenters. The molecule has 0 aliphatic heterocycles. The average molecular weight is 269 g/mol. The van der Waals surface area contributed by atoms with Gasteiger partial charge in [0, 0.05) is 19.5 Å². The molecule has 0 fully saturated rings. The van der Waals surface area contributed by atoms with Crippen LogP contribution in [-0.2, 0) is 25.9 Å². The van der Waals surface area contributed by atoms with Gasteiger partial charge in [0.15, 0.2) is 0 Å². The van der Waals surface area contributed by atoms with Crippen LogP contribution in [0.1, 0.15) is 5.56 Å². The first kappa shape index (κ1) is 13.8. The summed E-state index contributed by atoms with van der Waals surface area (Å²) in [6.07, 6.45) is 0.722. The van der Waals surface area contributed by atoms with E-state index in [0.29, 0.717) is 0 Å². The van der Waals surface area contributed by atoms with Crippen LogP contribution in [0.3, 0.4) is 0 Å². The molecule has 0 amide bonds. The average Bonchev–Trinajstić information content (AvgIpc) is 1.90. The zero-order valence-electron chi connectivity index (χ0n) is 6.22. The standard InChI is InChI=1S/C8H8F.BrH.Zn/c1-2-7-3-5-8(9)6-4-7;;/h3-6H,1-2H2;1H;/q-1;;. The molecule has 58 valence electrons. The van der Waals surface area contributed by atoms with Crippen molar-refractivity contribution in [2.75, 3.05) is 0 Å². The largest absolute Gasteiger partial charge is 0.339 e. The van der Waals surface area contributed by atoms with Crippen molar-refractivity contribution in [3.8, 4) is 0 Å². The van der Waals surface area contributed by atoms with Crippen molar-refractivity contribution in [1.29, 1.82) is 0 Å². The summed E-state index contributed by atoms with van der Waals surface area (Å²) in [7, 11) is 0. The van der Waals surface area contributed by atoms with Crippen molar-refractivity contribution in [2.24, 2.45) is 0 Å². The molecule has 1 aromatic rings. The van der Waals surface area contributed by atoms with Crippen molar-refractivity contribution < 1.29 is 23.9 Å². The predicted octanol–water partition coefficient (Wildman–Crippen LogP) is 2.78. The second-order valence-electron chi connectivity index (χ2n) is 1.88. The van der Waals surface area contributed by atoms with Gasteiger partial charge in [-0.05, 0) is 12.1 Å². The van der Waals surface area contributed by atoms with Gasteiger partial charge in [-0.3, -0.25) is 0 Å². The Labute approximate surface area is 89.7 Å². The van der Waals surface area contributed by atoms with Crippen LogP contribution in [0, 0.1) is 12.7 Å². The van der Waals surface area contributed by atoms with Crippen LogP contribution in [0.15, 0.2) is 24.3 Å². The van der Waals surface area contributed by atoms with E-state index in [1.807, 2.05) is 0 Å². The van der Waals surface area contributed by atoms with Gasteiger partial charge in [-0.2, -0.15) is 6.42 Å².